The van der Waals surface area contributed by atoms with Crippen molar-refractivity contribution in [2.24, 2.45) is 11.8 Å². The Morgan fingerprint density at radius 2 is 1.45 bits per heavy atom. The molecule has 2 aromatic rings. The van der Waals surface area contributed by atoms with Crippen molar-refractivity contribution in [3.8, 4) is 0 Å². The van der Waals surface area contributed by atoms with Gasteiger partial charge in [-0.05, 0) is 61.4 Å². The second kappa shape index (κ2) is 8.67. The van der Waals surface area contributed by atoms with Crippen molar-refractivity contribution >= 4 is 44.9 Å². The van der Waals surface area contributed by atoms with Gasteiger partial charge in [-0.15, -0.1) is 0 Å². The van der Waals surface area contributed by atoms with Crippen LogP contribution < -0.4 is 10.0 Å². The summed E-state index contributed by atoms with van der Waals surface area (Å²) in [6, 6.07) is 11.9. The first-order valence-electron chi connectivity index (χ1n) is 8.83. The molecule has 0 radical (unpaired) electrons. The number of carbonyl (C=O) groups is 2. The Bertz CT molecular complexity index is 1030. The van der Waals surface area contributed by atoms with Crippen LogP contribution in [0.25, 0.3) is 0 Å². The Kier molecular flexibility index (Phi) is 6.24. The average molecular weight is 435 g/mol. The summed E-state index contributed by atoms with van der Waals surface area (Å²) in [5, 5.41) is 12.4. The summed E-state index contributed by atoms with van der Waals surface area (Å²) < 4.78 is 27.4. The van der Waals surface area contributed by atoms with Crippen LogP contribution in [0.2, 0.25) is 5.02 Å². The summed E-state index contributed by atoms with van der Waals surface area (Å²) >= 11 is 5.79. The number of amides is 1. The Hall–Kier alpha value is -2.84. The number of nitrogens with one attached hydrogen (secondary N) is 2. The zero-order chi connectivity index (χ0) is 21.0. The van der Waals surface area contributed by atoms with Crippen LogP contribution in [0.15, 0.2) is 65.6 Å². The standard InChI is InChI=1S/C20H19ClN2O5S/c21-13-5-7-15(8-6-13)23-29(27,28)16-11-9-14(10-12-16)22-19(24)17-3-1-2-4-18(17)20(25)26/h1-2,5-12,17-18,23H,3-4H2,(H,22,24)(H,25,26)/t17-,18-/m1/s1. The Balaban J connectivity index is 1.69. The molecule has 1 amide bonds. The lowest BCUT2D eigenvalue weighted by Crippen LogP contribution is -2.34. The van der Waals surface area contributed by atoms with Gasteiger partial charge in [0.2, 0.25) is 5.91 Å². The molecule has 0 aromatic heterocycles. The Labute approximate surface area is 173 Å². The van der Waals surface area contributed by atoms with E-state index in [-0.39, 0.29) is 4.90 Å². The quantitative estimate of drug-likeness (QED) is 0.599. The molecule has 2 aromatic carbocycles. The molecule has 0 bridgehead atoms. The van der Waals surface area contributed by atoms with Crippen LogP contribution in [0.4, 0.5) is 11.4 Å². The van der Waals surface area contributed by atoms with Crippen molar-refractivity contribution in [3.05, 3.63) is 65.7 Å². The van der Waals surface area contributed by atoms with E-state index in [0.29, 0.717) is 29.2 Å². The van der Waals surface area contributed by atoms with Crippen molar-refractivity contribution in [1.82, 2.24) is 0 Å². The minimum atomic E-state index is -3.80. The van der Waals surface area contributed by atoms with E-state index in [1.165, 1.54) is 24.3 Å². The van der Waals surface area contributed by atoms with Crippen LogP contribution in [-0.2, 0) is 19.6 Å². The number of anilines is 2. The van der Waals surface area contributed by atoms with E-state index in [1.807, 2.05) is 0 Å². The lowest BCUT2D eigenvalue weighted by atomic mass is 9.82. The predicted octanol–water partition coefficient (Wildman–Crippen LogP) is 3.75. The van der Waals surface area contributed by atoms with Crippen LogP contribution in [-0.4, -0.2) is 25.4 Å². The van der Waals surface area contributed by atoms with Gasteiger partial charge in [-0.1, -0.05) is 23.8 Å². The molecule has 152 valence electrons. The van der Waals surface area contributed by atoms with Gasteiger partial charge in [0.25, 0.3) is 10.0 Å². The number of hydrogen-bond acceptors (Lipinski definition) is 4. The summed E-state index contributed by atoms with van der Waals surface area (Å²) in [7, 11) is -3.80. The number of carbonyl (C=O) groups excluding carboxylic acids is 1. The van der Waals surface area contributed by atoms with E-state index in [9.17, 15) is 23.1 Å². The first-order valence-corrected chi connectivity index (χ1v) is 10.7. The maximum Gasteiger partial charge on any atom is 0.307 e. The number of benzene rings is 2. The minimum absolute atomic E-state index is 0.0226. The fourth-order valence-corrected chi connectivity index (χ4v) is 4.25. The minimum Gasteiger partial charge on any atom is -0.481 e. The third kappa shape index (κ3) is 5.16. The Morgan fingerprint density at radius 3 is 2.03 bits per heavy atom. The van der Waals surface area contributed by atoms with E-state index in [4.69, 9.17) is 11.6 Å². The largest absolute Gasteiger partial charge is 0.481 e. The molecule has 3 rings (SSSR count). The molecule has 0 fully saturated rings. The predicted molar refractivity (Wildman–Crippen MR) is 110 cm³/mol. The average Bonchev–Trinajstić information content (AvgIpc) is 2.70. The van der Waals surface area contributed by atoms with Crippen LogP contribution >= 0.6 is 11.6 Å². The summed E-state index contributed by atoms with van der Waals surface area (Å²) in [6.45, 7) is 0. The maximum atomic E-state index is 12.5. The van der Waals surface area contributed by atoms with Gasteiger partial charge in [0.15, 0.2) is 0 Å². The summed E-state index contributed by atoms with van der Waals surface area (Å²) in [4.78, 5) is 23.9. The number of rotatable bonds is 6. The maximum absolute atomic E-state index is 12.5. The van der Waals surface area contributed by atoms with Crippen LogP contribution in [0, 0.1) is 11.8 Å². The van der Waals surface area contributed by atoms with Crippen LogP contribution in [0.3, 0.4) is 0 Å². The van der Waals surface area contributed by atoms with E-state index >= 15 is 0 Å². The zero-order valence-corrected chi connectivity index (χ0v) is 16.8. The molecule has 0 spiro atoms. The molecular weight excluding hydrogens is 416 g/mol. The fourth-order valence-electron chi connectivity index (χ4n) is 3.06. The van der Waals surface area contributed by atoms with Crippen LogP contribution in [0.1, 0.15) is 12.8 Å². The molecule has 0 heterocycles. The van der Waals surface area contributed by atoms with E-state index in [0.717, 1.165) is 0 Å². The van der Waals surface area contributed by atoms with Gasteiger partial charge in [-0.2, -0.15) is 0 Å². The highest BCUT2D eigenvalue weighted by Gasteiger charge is 2.33. The second-order valence-electron chi connectivity index (χ2n) is 6.62. The number of carboxylic acid groups (broad SMARTS) is 1. The molecule has 3 N–H and O–H groups in total. The molecule has 0 aliphatic heterocycles. The molecule has 2 atom stereocenters. The van der Waals surface area contributed by atoms with Crippen LogP contribution in [0.5, 0.6) is 0 Å². The smallest absolute Gasteiger partial charge is 0.307 e. The van der Waals surface area contributed by atoms with E-state index in [1.54, 1.807) is 36.4 Å². The molecule has 9 heteroatoms. The Morgan fingerprint density at radius 1 is 0.897 bits per heavy atom. The number of halogens is 1. The third-order valence-electron chi connectivity index (χ3n) is 4.61. The van der Waals surface area contributed by atoms with E-state index < -0.39 is 33.7 Å². The van der Waals surface area contributed by atoms with Crippen molar-refractivity contribution in [1.29, 1.82) is 0 Å². The number of carboxylic acids is 1. The molecule has 1 aliphatic carbocycles. The van der Waals surface area contributed by atoms with Gasteiger partial charge >= 0.3 is 5.97 Å². The summed E-state index contributed by atoms with van der Waals surface area (Å²) in [6.07, 6.45) is 4.21. The van der Waals surface area contributed by atoms with Crippen molar-refractivity contribution in [3.63, 3.8) is 0 Å². The highest BCUT2D eigenvalue weighted by atomic mass is 35.5. The summed E-state index contributed by atoms with van der Waals surface area (Å²) in [5.74, 6) is -2.86. The number of sulfonamides is 1. The lowest BCUT2D eigenvalue weighted by Gasteiger charge is -2.24. The molecule has 0 unspecified atom stereocenters. The molecular formula is C20H19ClN2O5S. The van der Waals surface area contributed by atoms with Gasteiger partial charge in [-0.25, -0.2) is 8.42 Å². The highest BCUT2D eigenvalue weighted by Crippen LogP contribution is 2.27. The third-order valence-corrected chi connectivity index (χ3v) is 6.26. The van der Waals surface area contributed by atoms with Gasteiger partial charge < -0.3 is 10.4 Å². The normalized spacial score (nSPS) is 18.8. The number of hydrogen-bond donors (Lipinski definition) is 3. The van der Waals surface area contributed by atoms with Gasteiger partial charge in [0, 0.05) is 16.4 Å². The van der Waals surface area contributed by atoms with Gasteiger partial charge in [-0.3, -0.25) is 14.3 Å². The number of allylic oxidation sites excluding steroid dienone is 2. The molecule has 0 saturated heterocycles. The summed E-state index contributed by atoms with van der Waals surface area (Å²) in [5.41, 5.74) is 0.760. The van der Waals surface area contributed by atoms with Crippen molar-refractivity contribution < 1.29 is 23.1 Å². The first kappa shape index (κ1) is 20.9. The highest BCUT2D eigenvalue weighted by molar-refractivity contribution is 7.92. The first-order chi connectivity index (χ1) is 13.8. The van der Waals surface area contributed by atoms with Gasteiger partial charge in [0.05, 0.1) is 16.7 Å². The second-order valence-corrected chi connectivity index (χ2v) is 8.74. The lowest BCUT2D eigenvalue weighted by molar-refractivity contribution is -0.146. The molecule has 29 heavy (non-hydrogen) atoms. The number of aliphatic carboxylic acids is 1. The van der Waals surface area contributed by atoms with Crippen molar-refractivity contribution in [2.45, 2.75) is 17.7 Å². The SMILES string of the molecule is O=C(O)[C@@H]1CC=CC[C@H]1C(=O)Nc1ccc(S(=O)(=O)Nc2ccc(Cl)cc2)cc1. The molecule has 1 aliphatic rings. The van der Waals surface area contributed by atoms with Crippen molar-refractivity contribution in [2.75, 3.05) is 10.0 Å². The van der Waals surface area contributed by atoms with E-state index in [2.05, 4.69) is 10.0 Å². The van der Waals surface area contributed by atoms with Gasteiger partial charge in [0.1, 0.15) is 0 Å². The zero-order valence-electron chi connectivity index (χ0n) is 15.2. The molecule has 7 nitrogen and oxygen atoms in total. The molecule has 0 saturated carbocycles. The fraction of sp³-hybridized carbons (Fsp3) is 0.200. The topological polar surface area (TPSA) is 113 Å². The monoisotopic (exact) mass is 434 g/mol.